The molecule has 0 atom stereocenters. The summed E-state index contributed by atoms with van der Waals surface area (Å²) < 4.78 is 63.9. The van der Waals surface area contributed by atoms with Gasteiger partial charge in [0.1, 0.15) is 5.75 Å². The van der Waals surface area contributed by atoms with Crippen molar-refractivity contribution in [3.8, 4) is 5.75 Å². The van der Waals surface area contributed by atoms with Gasteiger partial charge in [0.05, 0.1) is 0 Å². The van der Waals surface area contributed by atoms with Gasteiger partial charge in [-0.25, -0.2) is 0 Å². The minimum Gasteiger partial charge on any atom is -0.447 e. The van der Waals surface area contributed by atoms with Gasteiger partial charge in [-0.3, -0.25) is 0 Å². The van der Waals surface area contributed by atoms with E-state index in [0.717, 1.165) is 12.1 Å². The zero-order valence-corrected chi connectivity index (χ0v) is 7.18. The summed E-state index contributed by atoms with van der Waals surface area (Å²) in [6, 6.07) is 6.57. The number of alkyl halides is 3. The molecule has 82 valence electrons. The van der Waals surface area contributed by atoms with Crippen molar-refractivity contribution in [1.82, 2.24) is 0 Å². The van der Waals surface area contributed by atoms with Gasteiger partial charge >= 0.3 is 12.3 Å². The number of hydrogen-bond acceptors (Lipinski definition) is 1. The van der Waals surface area contributed by atoms with E-state index in [1.54, 1.807) is 0 Å². The quantitative estimate of drug-likeness (QED) is 0.549. The summed E-state index contributed by atoms with van der Waals surface area (Å²) in [6.45, 7) is 0. The van der Waals surface area contributed by atoms with E-state index in [-0.39, 0.29) is 5.75 Å². The zero-order valence-electron chi connectivity index (χ0n) is 7.18. The molecule has 0 N–H and O–H groups in total. The molecule has 1 nitrogen and oxygen atoms in total. The lowest BCUT2D eigenvalue weighted by Gasteiger charge is -2.11. The van der Waals surface area contributed by atoms with Crippen LogP contribution in [0.4, 0.5) is 22.0 Å². The minimum atomic E-state index is -5.20. The highest BCUT2D eigenvalue weighted by Gasteiger charge is 2.40. The minimum absolute atomic E-state index is 0.294. The van der Waals surface area contributed by atoms with Gasteiger partial charge in [-0.1, -0.05) is 18.2 Å². The van der Waals surface area contributed by atoms with E-state index in [9.17, 15) is 22.0 Å². The van der Waals surface area contributed by atoms with E-state index in [4.69, 9.17) is 0 Å². The van der Waals surface area contributed by atoms with Gasteiger partial charge < -0.3 is 4.74 Å². The highest BCUT2D eigenvalue weighted by atomic mass is 19.4. The van der Waals surface area contributed by atoms with E-state index in [2.05, 4.69) is 4.74 Å². The monoisotopic (exact) mass is 224 g/mol. The summed E-state index contributed by atoms with van der Waals surface area (Å²) in [5, 5.41) is 0. The molecular weight excluding hydrogens is 219 g/mol. The molecule has 1 aromatic rings. The summed E-state index contributed by atoms with van der Waals surface area (Å²) in [5.41, 5.74) is 0. The molecule has 0 amide bonds. The van der Waals surface area contributed by atoms with Crippen LogP contribution in [0.1, 0.15) is 0 Å². The van der Waals surface area contributed by atoms with Crippen molar-refractivity contribution in [2.45, 2.75) is 6.18 Å². The number of para-hydroxylation sites is 1. The topological polar surface area (TPSA) is 9.23 Å². The van der Waals surface area contributed by atoms with Crippen molar-refractivity contribution >= 4 is 0 Å². The third-order valence-corrected chi connectivity index (χ3v) is 1.39. The van der Waals surface area contributed by atoms with Gasteiger partial charge in [0.15, 0.2) is 0 Å². The average Bonchev–Trinajstić information content (AvgIpc) is 2.13. The van der Waals surface area contributed by atoms with Crippen molar-refractivity contribution in [3.63, 3.8) is 0 Å². The molecule has 0 aliphatic rings. The van der Waals surface area contributed by atoms with E-state index in [1.807, 2.05) is 0 Å². The number of halogens is 5. The van der Waals surface area contributed by atoms with E-state index in [1.165, 1.54) is 18.2 Å². The van der Waals surface area contributed by atoms with E-state index < -0.39 is 18.0 Å². The Bertz CT molecular complexity index is 351. The molecule has 1 rings (SSSR count). The maximum absolute atomic E-state index is 12.0. The van der Waals surface area contributed by atoms with Crippen LogP contribution < -0.4 is 4.74 Å². The van der Waals surface area contributed by atoms with Gasteiger partial charge in [-0.2, -0.15) is 22.0 Å². The number of allylic oxidation sites excluding steroid dienone is 1. The van der Waals surface area contributed by atoms with Crippen molar-refractivity contribution in [3.05, 3.63) is 42.2 Å². The fourth-order valence-electron chi connectivity index (χ4n) is 0.810. The molecule has 0 unspecified atom stereocenters. The Morgan fingerprint density at radius 1 is 1.00 bits per heavy atom. The zero-order chi connectivity index (χ0) is 11.5. The van der Waals surface area contributed by atoms with Crippen LogP contribution in [0.25, 0.3) is 0 Å². The van der Waals surface area contributed by atoms with Crippen LogP contribution in [0, 0.1) is 0 Å². The van der Waals surface area contributed by atoms with Crippen LogP contribution in [0.15, 0.2) is 42.2 Å². The molecule has 0 bridgehead atoms. The first kappa shape index (κ1) is 11.5. The van der Waals surface area contributed by atoms with Crippen molar-refractivity contribution in [2.24, 2.45) is 0 Å². The molecule has 0 aromatic heterocycles. The summed E-state index contributed by atoms with van der Waals surface area (Å²) >= 11 is 0. The number of ether oxygens (including phenoxy) is 1. The Kier molecular flexibility index (Phi) is 3.28. The lowest BCUT2D eigenvalue weighted by molar-refractivity contribution is -0.121. The SMILES string of the molecule is FC(F)=C(Oc1ccccc1)C(F)(F)F. The summed E-state index contributed by atoms with van der Waals surface area (Å²) in [7, 11) is 0. The molecular formula is C9H5F5O. The molecule has 15 heavy (non-hydrogen) atoms. The highest BCUT2D eigenvalue weighted by molar-refractivity contribution is 5.24. The Balaban J connectivity index is 2.93. The van der Waals surface area contributed by atoms with E-state index >= 15 is 0 Å². The number of rotatable bonds is 2. The van der Waals surface area contributed by atoms with Crippen LogP contribution in [-0.4, -0.2) is 6.18 Å². The standard InChI is InChI=1S/C9H5F5O/c10-8(11)7(9(12,13)14)15-6-4-2-1-3-5-6/h1-5H. The molecule has 0 radical (unpaired) electrons. The summed E-state index contributed by atoms with van der Waals surface area (Å²) in [6.07, 6.45) is -8.10. The Morgan fingerprint density at radius 2 is 1.53 bits per heavy atom. The predicted octanol–water partition coefficient (Wildman–Crippen LogP) is 3.74. The fraction of sp³-hybridized carbons (Fsp3) is 0.111. The third kappa shape index (κ3) is 3.23. The third-order valence-electron chi connectivity index (χ3n) is 1.39. The van der Waals surface area contributed by atoms with Gasteiger partial charge in [-0.15, -0.1) is 0 Å². The second-order valence-corrected chi connectivity index (χ2v) is 2.50. The van der Waals surface area contributed by atoms with Gasteiger partial charge in [0, 0.05) is 0 Å². The molecule has 0 saturated heterocycles. The fourth-order valence-corrected chi connectivity index (χ4v) is 0.810. The molecule has 0 saturated carbocycles. The van der Waals surface area contributed by atoms with E-state index in [0.29, 0.717) is 0 Å². The van der Waals surface area contributed by atoms with Crippen LogP contribution in [0.2, 0.25) is 0 Å². The first-order chi connectivity index (χ1) is 6.91. The van der Waals surface area contributed by atoms with Crippen molar-refractivity contribution in [1.29, 1.82) is 0 Å². The molecule has 6 heteroatoms. The normalized spacial score (nSPS) is 11.0. The lowest BCUT2D eigenvalue weighted by atomic mass is 10.3. The molecule has 0 aliphatic heterocycles. The summed E-state index contributed by atoms with van der Waals surface area (Å²) in [5.74, 6) is -2.58. The lowest BCUT2D eigenvalue weighted by Crippen LogP contribution is -2.18. The second-order valence-electron chi connectivity index (χ2n) is 2.50. The van der Waals surface area contributed by atoms with Crippen molar-refractivity contribution in [2.75, 3.05) is 0 Å². The summed E-state index contributed by atoms with van der Waals surface area (Å²) in [4.78, 5) is 0. The maximum atomic E-state index is 12.0. The molecule has 0 fully saturated rings. The van der Waals surface area contributed by atoms with Gasteiger partial charge in [-0.05, 0) is 12.1 Å². The highest BCUT2D eigenvalue weighted by Crippen LogP contribution is 2.31. The Morgan fingerprint density at radius 3 is 1.93 bits per heavy atom. The molecule has 1 aromatic carbocycles. The Hall–Kier alpha value is -1.59. The molecule has 0 heterocycles. The predicted molar refractivity (Wildman–Crippen MR) is 42.4 cm³/mol. The molecule has 0 aliphatic carbocycles. The van der Waals surface area contributed by atoms with Gasteiger partial charge in [0.25, 0.3) is 5.76 Å². The average molecular weight is 224 g/mol. The molecule has 0 spiro atoms. The maximum Gasteiger partial charge on any atom is 0.455 e. The first-order valence-corrected chi connectivity index (χ1v) is 3.76. The first-order valence-electron chi connectivity index (χ1n) is 3.76. The largest absolute Gasteiger partial charge is 0.455 e. The number of benzene rings is 1. The smallest absolute Gasteiger partial charge is 0.447 e. The van der Waals surface area contributed by atoms with Crippen LogP contribution >= 0.6 is 0 Å². The number of hydrogen-bond donors (Lipinski definition) is 0. The van der Waals surface area contributed by atoms with Crippen LogP contribution in [-0.2, 0) is 0 Å². The van der Waals surface area contributed by atoms with Gasteiger partial charge in [0.2, 0.25) is 0 Å². The van der Waals surface area contributed by atoms with Crippen molar-refractivity contribution < 1.29 is 26.7 Å². The Labute approximate surface area is 81.8 Å². The second kappa shape index (κ2) is 4.29. The van der Waals surface area contributed by atoms with Crippen LogP contribution in [0.3, 0.4) is 0 Å². The van der Waals surface area contributed by atoms with Crippen LogP contribution in [0.5, 0.6) is 5.75 Å².